The molecule has 0 saturated carbocycles. The van der Waals surface area contributed by atoms with Gasteiger partial charge in [0.1, 0.15) is 4.60 Å². The molecule has 80 valence electrons. The van der Waals surface area contributed by atoms with Gasteiger partial charge >= 0.3 is 0 Å². The SMILES string of the molecule is CC(C)(C)n1ncc(CCCN)c1Br. The highest BCUT2D eigenvalue weighted by Crippen LogP contribution is 2.24. The van der Waals surface area contributed by atoms with Crippen molar-refractivity contribution in [1.29, 1.82) is 0 Å². The molecule has 0 saturated heterocycles. The van der Waals surface area contributed by atoms with Crippen LogP contribution in [0.15, 0.2) is 10.8 Å². The zero-order valence-electron chi connectivity index (χ0n) is 9.05. The van der Waals surface area contributed by atoms with Crippen molar-refractivity contribution in [2.24, 2.45) is 5.73 Å². The van der Waals surface area contributed by atoms with E-state index in [-0.39, 0.29) is 5.54 Å². The lowest BCUT2D eigenvalue weighted by Gasteiger charge is -2.20. The van der Waals surface area contributed by atoms with E-state index in [1.54, 1.807) is 0 Å². The molecule has 1 heterocycles. The van der Waals surface area contributed by atoms with Gasteiger partial charge < -0.3 is 5.73 Å². The van der Waals surface area contributed by atoms with Gasteiger partial charge in [0.05, 0.1) is 11.7 Å². The van der Waals surface area contributed by atoms with Crippen LogP contribution in [0, 0.1) is 0 Å². The third-order valence-electron chi connectivity index (χ3n) is 2.07. The van der Waals surface area contributed by atoms with Crippen molar-refractivity contribution in [2.45, 2.75) is 39.2 Å². The molecule has 0 unspecified atom stereocenters. The van der Waals surface area contributed by atoms with Crippen molar-refractivity contribution >= 4 is 15.9 Å². The Labute approximate surface area is 93.8 Å². The van der Waals surface area contributed by atoms with Crippen LogP contribution in [0.25, 0.3) is 0 Å². The lowest BCUT2D eigenvalue weighted by Crippen LogP contribution is -2.23. The molecule has 1 aromatic rings. The maximum Gasteiger partial charge on any atom is 0.107 e. The van der Waals surface area contributed by atoms with Crippen molar-refractivity contribution in [2.75, 3.05) is 6.54 Å². The molecule has 0 atom stereocenters. The summed E-state index contributed by atoms with van der Waals surface area (Å²) in [5, 5.41) is 4.37. The Hall–Kier alpha value is -0.350. The fraction of sp³-hybridized carbons (Fsp3) is 0.700. The molecule has 3 nitrogen and oxygen atoms in total. The molecule has 0 aliphatic heterocycles. The third kappa shape index (κ3) is 2.58. The van der Waals surface area contributed by atoms with Crippen LogP contribution in [0.3, 0.4) is 0 Å². The van der Waals surface area contributed by atoms with Crippen LogP contribution in [0.4, 0.5) is 0 Å². The number of hydrogen-bond acceptors (Lipinski definition) is 2. The molecule has 0 amide bonds. The van der Waals surface area contributed by atoms with Gasteiger partial charge in [0.25, 0.3) is 0 Å². The predicted molar refractivity (Wildman–Crippen MR) is 62.3 cm³/mol. The fourth-order valence-corrected chi connectivity index (χ4v) is 2.22. The van der Waals surface area contributed by atoms with E-state index >= 15 is 0 Å². The minimum atomic E-state index is 0.0276. The van der Waals surface area contributed by atoms with Crippen LogP contribution in [0.2, 0.25) is 0 Å². The Bertz CT molecular complexity index is 299. The van der Waals surface area contributed by atoms with E-state index in [2.05, 4.69) is 41.8 Å². The van der Waals surface area contributed by atoms with E-state index < -0.39 is 0 Å². The van der Waals surface area contributed by atoms with Gasteiger partial charge in [-0.05, 0) is 56.1 Å². The Balaban J connectivity index is 2.86. The lowest BCUT2D eigenvalue weighted by molar-refractivity contribution is 0.348. The second-order valence-electron chi connectivity index (χ2n) is 4.44. The van der Waals surface area contributed by atoms with Crippen LogP contribution < -0.4 is 5.73 Å². The normalized spacial score (nSPS) is 12.1. The fourth-order valence-electron chi connectivity index (χ4n) is 1.30. The number of aromatic nitrogens is 2. The first-order valence-electron chi connectivity index (χ1n) is 4.89. The van der Waals surface area contributed by atoms with E-state index in [1.165, 1.54) is 5.56 Å². The molecule has 2 N–H and O–H groups in total. The second-order valence-corrected chi connectivity index (χ2v) is 5.19. The van der Waals surface area contributed by atoms with Gasteiger partial charge in [-0.1, -0.05) is 0 Å². The highest BCUT2D eigenvalue weighted by atomic mass is 79.9. The summed E-state index contributed by atoms with van der Waals surface area (Å²) in [7, 11) is 0. The molecule has 1 aromatic heterocycles. The van der Waals surface area contributed by atoms with Crippen LogP contribution in [-0.2, 0) is 12.0 Å². The van der Waals surface area contributed by atoms with E-state index in [0.29, 0.717) is 0 Å². The van der Waals surface area contributed by atoms with Gasteiger partial charge in [-0.25, -0.2) is 0 Å². The van der Waals surface area contributed by atoms with Crippen LogP contribution in [0.5, 0.6) is 0 Å². The summed E-state index contributed by atoms with van der Waals surface area (Å²) in [6, 6.07) is 0. The van der Waals surface area contributed by atoms with Crippen LogP contribution in [-0.4, -0.2) is 16.3 Å². The van der Waals surface area contributed by atoms with E-state index in [1.807, 2.05) is 10.9 Å². The van der Waals surface area contributed by atoms with Crippen LogP contribution >= 0.6 is 15.9 Å². The summed E-state index contributed by atoms with van der Waals surface area (Å²) in [6.07, 6.45) is 3.92. The quantitative estimate of drug-likeness (QED) is 0.906. The van der Waals surface area contributed by atoms with Crippen molar-refractivity contribution in [3.05, 3.63) is 16.4 Å². The molecule has 0 fully saturated rings. The van der Waals surface area contributed by atoms with Crippen molar-refractivity contribution in [3.63, 3.8) is 0 Å². The smallest absolute Gasteiger partial charge is 0.107 e. The molecular weight excluding hydrogens is 242 g/mol. The van der Waals surface area contributed by atoms with Crippen LogP contribution in [0.1, 0.15) is 32.8 Å². The Morgan fingerprint density at radius 3 is 2.57 bits per heavy atom. The summed E-state index contributed by atoms with van der Waals surface area (Å²) in [6.45, 7) is 7.14. The first-order valence-corrected chi connectivity index (χ1v) is 5.69. The van der Waals surface area contributed by atoms with Gasteiger partial charge in [0.15, 0.2) is 0 Å². The Kier molecular flexibility index (Phi) is 3.72. The molecule has 1 rings (SSSR count). The standard InChI is InChI=1S/C10H18BrN3/c1-10(2,3)14-9(11)8(7-13-14)5-4-6-12/h7H,4-6,12H2,1-3H3. The third-order valence-corrected chi connectivity index (χ3v) is 2.91. The lowest BCUT2D eigenvalue weighted by atomic mass is 10.1. The number of nitrogens with two attached hydrogens (primary N) is 1. The summed E-state index contributed by atoms with van der Waals surface area (Å²) < 4.78 is 3.08. The molecule has 14 heavy (non-hydrogen) atoms. The van der Waals surface area contributed by atoms with Gasteiger partial charge in [-0.15, -0.1) is 0 Å². The predicted octanol–water partition coefficient (Wildman–Crippen LogP) is 2.29. The number of halogens is 1. The molecule has 0 spiro atoms. The minimum Gasteiger partial charge on any atom is -0.330 e. The summed E-state index contributed by atoms with van der Waals surface area (Å²) >= 11 is 3.58. The maximum absolute atomic E-state index is 5.48. The maximum atomic E-state index is 5.48. The first-order chi connectivity index (χ1) is 6.46. The van der Waals surface area contributed by atoms with Crippen molar-refractivity contribution in [1.82, 2.24) is 9.78 Å². The molecule has 0 aliphatic carbocycles. The molecule has 0 radical (unpaired) electrons. The average Bonchev–Trinajstić information content (AvgIpc) is 2.42. The summed E-state index contributed by atoms with van der Waals surface area (Å²) in [5.41, 5.74) is 6.75. The van der Waals surface area contributed by atoms with Crippen molar-refractivity contribution < 1.29 is 0 Å². The molecule has 0 aliphatic rings. The number of aryl methyl sites for hydroxylation is 1. The molecular formula is C10H18BrN3. The van der Waals surface area contributed by atoms with Gasteiger partial charge in [-0.3, -0.25) is 4.68 Å². The largest absolute Gasteiger partial charge is 0.330 e. The van der Waals surface area contributed by atoms with Crippen molar-refractivity contribution in [3.8, 4) is 0 Å². The zero-order valence-corrected chi connectivity index (χ0v) is 10.6. The molecule has 4 heteroatoms. The number of nitrogens with zero attached hydrogens (tertiary/aromatic N) is 2. The highest BCUT2D eigenvalue weighted by molar-refractivity contribution is 9.10. The first kappa shape index (κ1) is 11.7. The topological polar surface area (TPSA) is 43.8 Å². The number of rotatable bonds is 3. The zero-order chi connectivity index (χ0) is 10.8. The number of hydrogen-bond donors (Lipinski definition) is 1. The molecule has 0 aromatic carbocycles. The van der Waals surface area contributed by atoms with E-state index in [4.69, 9.17) is 5.73 Å². The Morgan fingerprint density at radius 1 is 1.50 bits per heavy atom. The molecule has 0 bridgehead atoms. The minimum absolute atomic E-state index is 0.0276. The van der Waals surface area contributed by atoms with E-state index in [9.17, 15) is 0 Å². The van der Waals surface area contributed by atoms with Gasteiger partial charge in [0.2, 0.25) is 0 Å². The highest BCUT2D eigenvalue weighted by Gasteiger charge is 2.18. The van der Waals surface area contributed by atoms with Gasteiger partial charge in [0, 0.05) is 5.56 Å². The Morgan fingerprint density at radius 2 is 2.14 bits per heavy atom. The summed E-state index contributed by atoms with van der Waals surface area (Å²) in [5.74, 6) is 0. The van der Waals surface area contributed by atoms with E-state index in [0.717, 1.165) is 24.0 Å². The second kappa shape index (κ2) is 4.45. The van der Waals surface area contributed by atoms with Gasteiger partial charge in [-0.2, -0.15) is 5.10 Å². The monoisotopic (exact) mass is 259 g/mol. The summed E-state index contributed by atoms with van der Waals surface area (Å²) in [4.78, 5) is 0. The average molecular weight is 260 g/mol.